The van der Waals surface area contributed by atoms with E-state index < -0.39 is 11.5 Å². The monoisotopic (exact) mass is 325 g/mol. The lowest BCUT2D eigenvalue weighted by Crippen LogP contribution is -2.43. The first-order valence-corrected chi connectivity index (χ1v) is 7.94. The molecule has 1 amide bonds. The lowest BCUT2D eigenvalue weighted by atomic mass is 9.84. The van der Waals surface area contributed by atoms with Gasteiger partial charge in [0.25, 0.3) is 11.8 Å². The second-order valence-electron chi connectivity index (χ2n) is 7.53. The quantitative estimate of drug-likeness (QED) is 0.918. The standard InChI is InChI=1S/C18H25F2NO2/c1-16(2)10-5-11-21(12-16)15(22)13-6-8-14(9-7-13)17(3,23)18(4,19)20/h6-9,23H,5,10-12H2,1-4H3. The van der Waals surface area contributed by atoms with Crippen molar-refractivity contribution in [1.82, 2.24) is 4.90 Å². The van der Waals surface area contributed by atoms with Gasteiger partial charge in [-0.15, -0.1) is 0 Å². The summed E-state index contributed by atoms with van der Waals surface area (Å²) < 4.78 is 27.0. The van der Waals surface area contributed by atoms with E-state index in [-0.39, 0.29) is 16.9 Å². The Kier molecular flexibility index (Phi) is 4.55. The Morgan fingerprint density at radius 2 is 1.78 bits per heavy atom. The van der Waals surface area contributed by atoms with Crippen molar-refractivity contribution in [3.05, 3.63) is 35.4 Å². The predicted octanol–water partition coefficient (Wildman–Crippen LogP) is 3.81. The van der Waals surface area contributed by atoms with E-state index in [1.165, 1.54) is 24.3 Å². The molecule has 0 radical (unpaired) electrons. The molecule has 0 saturated carbocycles. The zero-order valence-corrected chi connectivity index (χ0v) is 14.2. The van der Waals surface area contributed by atoms with E-state index in [1.807, 2.05) is 4.90 Å². The molecule has 128 valence electrons. The van der Waals surface area contributed by atoms with Crippen LogP contribution < -0.4 is 0 Å². The highest BCUT2D eigenvalue weighted by Crippen LogP contribution is 2.37. The third-order valence-corrected chi connectivity index (χ3v) is 4.74. The molecular weight excluding hydrogens is 300 g/mol. The van der Waals surface area contributed by atoms with Gasteiger partial charge in [-0.2, -0.15) is 0 Å². The average molecular weight is 325 g/mol. The highest BCUT2D eigenvalue weighted by molar-refractivity contribution is 5.94. The molecule has 0 aromatic heterocycles. The predicted molar refractivity (Wildman–Crippen MR) is 85.6 cm³/mol. The van der Waals surface area contributed by atoms with Crippen LogP contribution >= 0.6 is 0 Å². The Labute approximate surface area is 136 Å². The van der Waals surface area contributed by atoms with Crippen molar-refractivity contribution in [2.45, 2.75) is 52.1 Å². The van der Waals surface area contributed by atoms with Crippen LogP contribution in [0.1, 0.15) is 56.5 Å². The maximum Gasteiger partial charge on any atom is 0.277 e. The molecule has 1 atom stereocenters. The average Bonchev–Trinajstić information content (AvgIpc) is 2.44. The number of alkyl halides is 2. The number of carbonyl (C=O) groups excluding carboxylic acids is 1. The van der Waals surface area contributed by atoms with Gasteiger partial charge in [-0.05, 0) is 42.9 Å². The van der Waals surface area contributed by atoms with Gasteiger partial charge in [0.05, 0.1) is 0 Å². The molecule has 5 heteroatoms. The minimum Gasteiger partial charge on any atom is -0.379 e. The molecule has 1 aliphatic heterocycles. The van der Waals surface area contributed by atoms with Gasteiger partial charge in [0.1, 0.15) is 5.60 Å². The summed E-state index contributed by atoms with van der Waals surface area (Å²) in [4.78, 5) is 14.4. The largest absolute Gasteiger partial charge is 0.379 e. The fraction of sp³-hybridized carbons (Fsp3) is 0.611. The Morgan fingerprint density at radius 3 is 2.26 bits per heavy atom. The summed E-state index contributed by atoms with van der Waals surface area (Å²) >= 11 is 0. The zero-order chi connectivity index (χ0) is 17.5. The highest BCUT2D eigenvalue weighted by atomic mass is 19.3. The van der Waals surface area contributed by atoms with Crippen molar-refractivity contribution in [3.8, 4) is 0 Å². The first kappa shape index (κ1) is 17.9. The van der Waals surface area contributed by atoms with Crippen LogP contribution in [-0.2, 0) is 5.60 Å². The van der Waals surface area contributed by atoms with Crippen molar-refractivity contribution >= 4 is 5.91 Å². The van der Waals surface area contributed by atoms with Crippen LogP contribution in [0, 0.1) is 5.41 Å². The number of aliphatic hydroxyl groups is 1. The van der Waals surface area contributed by atoms with Crippen LogP contribution in [0.5, 0.6) is 0 Å². The molecule has 0 bridgehead atoms. The molecule has 2 rings (SSSR count). The van der Waals surface area contributed by atoms with Crippen molar-refractivity contribution < 1.29 is 18.7 Å². The van der Waals surface area contributed by atoms with E-state index in [4.69, 9.17) is 0 Å². The van der Waals surface area contributed by atoms with Crippen molar-refractivity contribution in [3.63, 3.8) is 0 Å². The first-order valence-electron chi connectivity index (χ1n) is 7.94. The van der Waals surface area contributed by atoms with E-state index in [1.54, 1.807) is 0 Å². The molecule has 0 spiro atoms. The molecule has 1 heterocycles. The molecule has 1 aliphatic rings. The van der Waals surface area contributed by atoms with E-state index in [2.05, 4.69) is 13.8 Å². The van der Waals surface area contributed by atoms with Crippen molar-refractivity contribution in [2.75, 3.05) is 13.1 Å². The van der Waals surface area contributed by atoms with Gasteiger partial charge in [0, 0.05) is 25.6 Å². The Bertz CT molecular complexity index is 574. The fourth-order valence-corrected chi connectivity index (χ4v) is 2.97. The number of piperidine rings is 1. The molecule has 1 N–H and O–H groups in total. The van der Waals surface area contributed by atoms with E-state index in [0.29, 0.717) is 19.0 Å². The number of nitrogens with zero attached hydrogens (tertiary/aromatic N) is 1. The Balaban J connectivity index is 2.18. The van der Waals surface area contributed by atoms with Crippen LogP contribution in [0.3, 0.4) is 0 Å². The van der Waals surface area contributed by atoms with Crippen LogP contribution in [0.2, 0.25) is 0 Å². The smallest absolute Gasteiger partial charge is 0.277 e. The summed E-state index contributed by atoms with van der Waals surface area (Å²) in [5.74, 6) is -3.36. The summed E-state index contributed by atoms with van der Waals surface area (Å²) in [5.41, 5.74) is -1.61. The molecule has 23 heavy (non-hydrogen) atoms. The SMILES string of the molecule is CC1(C)CCCN(C(=O)c2ccc(C(C)(O)C(C)(F)F)cc2)C1. The van der Waals surface area contributed by atoms with E-state index >= 15 is 0 Å². The summed E-state index contributed by atoms with van der Waals surface area (Å²) in [5, 5.41) is 10.0. The van der Waals surface area contributed by atoms with Gasteiger partial charge >= 0.3 is 0 Å². The molecule has 1 fully saturated rings. The van der Waals surface area contributed by atoms with Crippen molar-refractivity contribution in [2.24, 2.45) is 5.41 Å². The summed E-state index contributed by atoms with van der Waals surface area (Å²) in [6, 6.07) is 5.83. The number of hydrogen-bond donors (Lipinski definition) is 1. The second kappa shape index (κ2) is 5.86. The molecule has 1 aromatic rings. The van der Waals surface area contributed by atoms with Crippen LogP contribution in [-0.4, -0.2) is 34.9 Å². The molecular formula is C18H25F2NO2. The minimum atomic E-state index is -3.27. The minimum absolute atomic E-state index is 0.0905. The molecule has 1 unspecified atom stereocenters. The zero-order valence-electron chi connectivity index (χ0n) is 14.2. The normalized spacial score (nSPS) is 20.9. The third kappa shape index (κ3) is 3.71. The fourth-order valence-electron chi connectivity index (χ4n) is 2.97. The number of rotatable bonds is 3. The molecule has 0 aliphatic carbocycles. The number of hydrogen-bond acceptors (Lipinski definition) is 2. The summed E-state index contributed by atoms with van der Waals surface area (Å²) in [7, 11) is 0. The number of benzene rings is 1. The van der Waals surface area contributed by atoms with Crippen molar-refractivity contribution in [1.29, 1.82) is 0 Å². The van der Waals surface area contributed by atoms with E-state index in [0.717, 1.165) is 26.3 Å². The van der Waals surface area contributed by atoms with Crippen LogP contribution in [0.25, 0.3) is 0 Å². The first-order chi connectivity index (χ1) is 10.4. The topological polar surface area (TPSA) is 40.5 Å². The van der Waals surface area contributed by atoms with Gasteiger partial charge in [0.2, 0.25) is 0 Å². The lowest BCUT2D eigenvalue weighted by molar-refractivity contribution is -0.165. The molecule has 1 saturated heterocycles. The maximum atomic E-state index is 13.5. The van der Waals surface area contributed by atoms with Crippen LogP contribution in [0.15, 0.2) is 24.3 Å². The third-order valence-electron chi connectivity index (χ3n) is 4.74. The van der Waals surface area contributed by atoms with Gasteiger partial charge in [0.15, 0.2) is 0 Å². The van der Waals surface area contributed by atoms with Gasteiger partial charge < -0.3 is 10.0 Å². The highest BCUT2D eigenvalue weighted by Gasteiger charge is 2.45. The van der Waals surface area contributed by atoms with Gasteiger partial charge in [-0.3, -0.25) is 4.79 Å². The number of carbonyl (C=O) groups is 1. The maximum absolute atomic E-state index is 13.5. The summed E-state index contributed by atoms with van der Waals surface area (Å²) in [6.07, 6.45) is 2.05. The number of likely N-dealkylation sites (tertiary alicyclic amines) is 1. The summed E-state index contributed by atoms with van der Waals surface area (Å²) in [6.45, 7) is 7.44. The second-order valence-corrected chi connectivity index (χ2v) is 7.53. The lowest BCUT2D eigenvalue weighted by Gasteiger charge is -2.38. The van der Waals surface area contributed by atoms with Crippen LogP contribution in [0.4, 0.5) is 8.78 Å². The Hall–Kier alpha value is -1.49. The molecule has 1 aromatic carbocycles. The Morgan fingerprint density at radius 1 is 1.22 bits per heavy atom. The molecule has 3 nitrogen and oxygen atoms in total. The van der Waals surface area contributed by atoms with Gasteiger partial charge in [-0.25, -0.2) is 8.78 Å². The number of halogens is 2. The van der Waals surface area contributed by atoms with E-state index in [9.17, 15) is 18.7 Å². The number of amides is 1. The van der Waals surface area contributed by atoms with Gasteiger partial charge in [-0.1, -0.05) is 26.0 Å².